The zero-order valence-corrected chi connectivity index (χ0v) is 23.1. The SMILES string of the molecule is CCCCCCCCCCCC(=O)OC(=O)[C@@H](N)CCC(=O)[O-].NCCCC[C@H](N)C(=O)O.[Na+]. The van der Waals surface area contributed by atoms with Gasteiger partial charge in [-0.3, -0.25) is 9.59 Å². The van der Waals surface area contributed by atoms with Crippen LogP contribution in [0.5, 0.6) is 0 Å². The number of esters is 2. The van der Waals surface area contributed by atoms with Crippen LogP contribution in [-0.4, -0.2) is 47.6 Å². The molecule has 2 atom stereocenters. The number of carboxylic acids is 2. The minimum absolute atomic E-state index is 0. The van der Waals surface area contributed by atoms with Gasteiger partial charge in [0.15, 0.2) is 0 Å². The second-order valence-corrected chi connectivity index (χ2v) is 8.12. The molecule has 0 rings (SSSR count). The number of unbranched alkanes of at least 4 members (excludes halogenated alkanes) is 9. The van der Waals surface area contributed by atoms with Gasteiger partial charge in [0.2, 0.25) is 0 Å². The summed E-state index contributed by atoms with van der Waals surface area (Å²) in [6, 6.07) is -1.81. The molecule has 0 aromatic carbocycles. The second kappa shape index (κ2) is 26.6. The molecule has 7 N–H and O–H groups in total. The van der Waals surface area contributed by atoms with E-state index < -0.39 is 36.0 Å². The third-order valence-corrected chi connectivity index (χ3v) is 4.95. The number of nitrogens with two attached hydrogens (primary N) is 3. The summed E-state index contributed by atoms with van der Waals surface area (Å²) in [4.78, 5) is 43.3. The summed E-state index contributed by atoms with van der Waals surface area (Å²) in [5, 5.41) is 18.6. The van der Waals surface area contributed by atoms with Crippen LogP contribution >= 0.6 is 0 Å². The number of carboxylic acid groups (broad SMARTS) is 2. The summed E-state index contributed by atoms with van der Waals surface area (Å²) in [6.45, 7) is 2.80. The Morgan fingerprint density at radius 1 is 0.794 bits per heavy atom. The Morgan fingerprint density at radius 2 is 1.32 bits per heavy atom. The van der Waals surface area contributed by atoms with E-state index in [0.717, 1.165) is 25.7 Å². The number of carbonyl (C=O) groups excluding carboxylic acids is 3. The topological polar surface area (TPSA) is 199 Å². The van der Waals surface area contributed by atoms with Gasteiger partial charge in [-0.2, -0.15) is 0 Å². The summed E-state index contributed by atoms with van der Waals surface area (Å²) >= 11 is 0. The first-order chi connectivity index (χ1) is 15.6. The van der Waals surface area contributed by atoms with Crippen molar-refractivity contribution in [2.24, 2.45) is 17.2 Å². The Hall–Kier alpha value is -1.04. The number of aliphatic carboxylic acids is 2. The zero-order chi connectivity index (χ0) is 25.5. The predicted molar refractivity (Wildman–Crippen MR) is 124 cm³/mol. The van der Waals surface area contributed by atoms with Crippen molar-refractivity contribution in [3.05, 3.63) is 0 Å². The van der Waals surface area contributed by atoms with Gasteiger partial charge in [0, 0.05) is 12.4 Å². The number of hydrogen-bond acceptors (Lipinski definition) is 9. The maximum Gasteiger partial charge on any atom is 1.00 e. The Balaban J connectivity index is -0.000000736. The molecule has 0 amide bonds. The van der Waals surface area contributed by atoms with E-state index in [1.807, 2.05) is 0 Å². The van der Waals surface area contributed by atoms with Crippen molar-refractivity contribution in [2.75, 3.05) is 6.54 Å². The van der Waals surface area contributed by atoms with E-state index in [9.17, 15) is 24.3 Å². The normalized spacial score (nSPS) is 11.9. The number of hydrogen-bond donors (Lipinski definition) is 4. The molecule has 0 fully saturated rings. The van der Waals surface area contributed by atoms with Crippen LogP contribution in [-0.2, 0) is 23.9 Å². The third kappa shape index (κ3) is 27.2. The summed E-state index contributed by atoms with van der Waals surface area (Å²) < 4.78 is 4.60. The van der Waals surface area contributed by atoms with E-state index in [1.54, 1.807) is 0 Å². The molecule has 0 bridgehead atoms. The van der Waals surface area contributed by atoms with E-state index in [-0.39, 0.29) is 48.8 Å². The van der Waals surface area contributed by atoms with Gasteiger partial charge in [-0.1, -0.05) is 64.7 Å². The van der Waals surface area contributed by atoms with E-state index in [1.165, 1.54) is 38.5 Å². The molecular weight excluding hydrogens is 453 g/mol. The Bertz CT molecular complexity index is 551. The second-order valence-electron chi connectivity index (χ2n) is 8.12. The van der Waals surface area contributed by atoms with Crippen molar-refractivity contribution < 1.29 is 63.7 Å². The van der Waals surface area contributed by atoms with Crippen molar-refractivity contribution in [1.82, 2.24) is 0 Å². The molecule has 0 unspecified atom stereocenters. The van der Waals surface area contributed by atoms with Crippen LogP contribution in [0.4, 0.5) is 0 Å². The van der Waals surface area contributed by atoms with E-state index in [0.29, 0.717) is 19.4 Å². The summed E-state index contributed by atoms with van der Waals surface area (Å²) in [6.07, 6.45) is 12.2. The minimum atomic E-state index is -1.28. The fraction of sp³-hybridized carbons (Fsp3) is 0.826. The van der Waals surface area contributed by atoms with Crippen LogP contribution in [0.25, 0.3) is 0 Å². The third-order valence-electron chi connectivity index (χ3n) is 4.95. The van der Waals surface area contributed by atoms with Crippen LogP contribution in [0, 0.1) is 0 Å². The molecule has 0 aliphatic heterocycles. The quantitative estimate of drug-likeness (QED) is 0.0695. The van der Waals surface area contributed by atoms with E-state index in [2.05, 4.69) is 11.7 Å². The first-order valence-corrected chi connectivity index (χ1v) is 12.0. The molecular formula is C23H44N3NaO7. The maximum absolute atomic E-state index is 11.5. The van der Waals surface area contributed by atoms with Gasteiger partial charge < -0.3 is 36.9 Å². The molecule has 34 heavy (non-hydrogen) atoms. The van der Waals surface area contributed by atoms with Gasteiger partial charge >= 0.3 is 47.5 Å². The van der Waals surface area contributed by atoms with Crippen molar-refractivity contribution in [3.63, 3.8) is 0 Å². The number of carbonyl (C=O) groups is 4. The monoisotopic (exact) mass is 497 g/mol. The summed E-state index contributed by atoms with van der Waals surface area (Å²) in [5.74, 6) is -3.68. The molecule has 0 aromatic rings. The van der Waals surface area contributed by atoms with Gasteiger partial charge in [0.1, 0.15) is 12.1 Å². The van der Waals surface area contributed by atoms with Gasteiger partial charge in [-0.05, 0) is 38.6 Å². The summed E-state index contributed by atoms with van der Waals surface area (Å²) in [7, 11) is 0. The van der Waals surface area contributed by atoms with Crippen molar-refractivity contribution in [1.29, 1.82) is 0 Å². The Kier molecular flexibility index (Phi) is 29.3. The van der Waals surface area contributed by atoms with Crippen molar-refractivity contribution >= 4 is 23.9 Å². The van der Waals surface area contributed by atoms with Gasteiger partial charge in [0.05, 0.1) is 0 Å². The standard InChI is InChI=1S/C17H31NO5.C6H14N2O2.Na/c1-2-3-4-5-6-7-8-9-10-11-16(21)23-17(22)14(18)12-13-15(19)20;7-4-2-1-3-5(8)6(9)10;/h14H,2-13,18H2,1H3,(H,19,20);5H,1-4,7-8H2,(H,9,10);/q;;+1/p-1/t14-;5-;/m00./s1. The van der Waals surface area contributed by atoms with Crippen LogP contribution in [0.15, 0.2) is 0 Å². The molecule has 10 nitrogen and oxygen atoms in total. The fourth-order valence-corrected chi connectivity index (χ4v) is 2.84. The van der Waals surface area contributed by atoms with Gasteiger partial charge in [-0.15, -0.1) is 0 Å². The van der Waals surface area contributed by atoms with E-state index in [4.69, 9.17) is 22.3 Å². The molecule has 0 aliphatic rings. The van der Waals surface area contributed by atoms with Crippen LogP contribution in [0.2, 0.25) is 0 Å². The van der Waals surface area contributed by atoms with Crippen LogP contribution in [0.3, 0.4) is 0 Å². The molecule has 194 valence electrons. The predicted octanol–water partition coefficient (Wildman–Crippen LogP) is -1.63. The summed E-state index contributed by atoms with van der Waals surface area (Å²) in [5.41, 5.74) is 15.9. The largest absolute Gasteiger partial charge is 1.00 e. The Labute approximate surface area is 226 Å². The average molecular weight is 498 g/mol. The minimum Gasteiger partial charge on any atom is -0.550 e. The molecule has 0 saturated heterocycles. The molecule has 0 spiro atoms. The molecule has 0 aromatic heterocycles. The number of ether oxygens (including phenoxy) is 1. The zero-order valence-electron chi connectivity index (χ0n) is 21.1. The van der Waals surface area contributed by atoms with E-state index >= 15 is 0 Å². The molecule has 0 heterocycles. The maximum atomic E-state index is 11.5. The first-order valence-electron chi connectivity index (χ1n) is 12.0. The fourth-order valence-electron chi connectivity index (χ4n) is 2.84. The van der Waals surface area contributed by atoms with Crippen molar-refractivity contribution in [3.8, 4) is 0 Å². The van der Waals surface area contributed by atoms with Crippen LogP contribution in [0.1, 0.15) is 103 Å². The molecule has 0 radical (unpaired) electrons. The smallest absolute Gasteiger partial charge is 0.550 e. The first kappa shape index (κ1) is 37.5. The van der Waals surface area contributed by atoms with Gasteiger partial charge in [-0.25, -0.2) is 4.79 Å². The average Bonchev–Trinajstić information content (AvgIpc) is 2.76. The Morgan fingerprint density at radius 3 is 1.79 bits per heavy atom. The van der Waals surface area contributed by atoms with Crippen LogP contribution < -0.4 is 51.9 Å². The molecule has 0 aliphatic carbocycles. The molecule has 0 saturated carbocycles. The molecule has 11 heteroatoms. The number of rotatable bonds is 19. The van der Waals surface area contributed by atoms with Crippen molar-refractivity contribution in [2.45, 2.75) is 115 Å². The van der Waals surface area contributed by atoms with Gasteiger partial charge in [0.25, 0.3) is 0 Å².